The second kappa shape index (κ2) is 16.2. The van der Waals surface area contributed by atoms with Gasteiger partial charge in [-0.25, -0.2) is 4.79 Å². The van der Waals surface area contributed by atoms with E-state index in [1.165, 1.54) is 21.3 Å². The molecule has 2 aromatic rings. The minimum Gasteiger partial charge on any atom is -0.493 e. The van der Waals surface area contributed by atoms with Crippen LogP contribution in [0.2, 0.25) is 0 Å². The summed E-state index contributed by atoms with van der Waals surface area (Å²) in [5.41, 5.74) is 1.26. The predicted octanol–water partition coefficient (Wildman–Crippen LogP) is 3.10. The number of aliphatic hydroxyl groups is 1. The van der Waals surface area contributed by atoms with E-state index in [9.17, 15) is 19.5 Å². The number of nitrogens with one attached hydrogen (secondary N) is 3. The highest BCUT2D eigenvalue weighted by Gasteiger charge is 2.27. The Labute approximate surface area is 235 Å². The largest absolute Gasteiger partial charge is 0.493 e. The van der Waals surface area contributed by atoms with Crippen molar-refractivity contribution in [2.24, 2.45) is 5.92 Å². The number of rotatable bonds is 15. The minimum atomic E-state index is -1.08. The number of alkyl carbamates (subject to hydrolysis) is 1. The molecule has 3 atom stereocenters. The Kier molecular flexibility index (Phi) is 13.0. The Morgan fingerprint density at radius 3 is 2.02 bits per heavy atom. The summed E-state index contributed by atoms with van der Waals surface area (Å²) in [6, 6.07) is 10.6. The smallest absolute Gasteiger partial charge is 0.408 e. The van der Waals surface area contributed by atoms with Crippen LogP contribution in [0, 0.1) is 5.92 Å². The molecular formula is C29H41N3O8. The molecule has 0 radical (unpaired) electrons. The maximum atomic E-state index is 13.1. The molecule has 0 aliphatic heterocycles. The number of ether oxygens (including phenoxy) is 4. The molecule has 0 aliphatic carbocycles. The fraction of sp³-hybridized carbons (Fsp3) is 0.483. The number of amides is 3. The summed E-state index contributed by atoms with van der Waals surface area (Å²) < 4.78 is 21.2. The van der Waals surface area contributed by atoms with Gasteiger partial charge in [0.1, 0.15) is 18.7 Å². The number of carbonyl (C=O) groups is 3. The van der Waals surface area contributed by atoms with Crippen molar-refractivity contribution >= 4 is 17.9 Å². The highest BCUT2D eigenvalue weighted by atomic mass is 16.5. The Hall–Kier alpha value is -3.99. The first-order valence-electron chi connectivity index (χ1n) is 13.2. The molecule has 0 bridgehead atoms. The maximum Gasteiger partial charge on any atom is 0.408 e. The molecule has 2 rings (SSSR count). The number of methoxy groups -OCH3 is 3. The molecule has 1 unspecified atom stereocenters. The SMILES string of the molecule is CC[C@H](NC(=O)[C@H](CC(C)C)NC(=O)OCc1ccccc1)C(=O)NCC(O)c1cc(OC)c(OC)c(OC)c1. The normalized spacial score (nSPS) is 13.0. The van der Waals surface area contributed by atoms with Gasteiger partial charge in [0.05, 0.1) is 27.4 Å². The number of aliphatic hydroxyl groups excluding tert-OH is 1. The van der Waals surface area contributed by atoms with Gasteiger partial charge in [0.2, 0.25) is 17.6 Å². The highest BCUT2D eigenvalue weighted by molar-refractivity contribution is 5.91. The van der Waals surface area contributed by atoms with Crippen molar-refractivity contribution in [2.45, 2.75) is 58.4 Å². The van der Waals surface area contributed by atoms with E-state index in [2.05, 4.69) is 16.0 Å². The molecule has 220 valence electrons. The zero-order valence-electron chi connectivity index (χ0n) is 24.0. The fourth-order valence-electron chi connectivity index (χ4n) is 3.97. The third-order valence-corrected chi connectivity index (χ3v) is 6.11. The lowest BCUT2D eigenvalue weighted by Gasteiger charge is -2.24. The summed E-state index contributed by atoms with van der Waals surface area (Å²) in [6.07, 6.45) is -1.16. The van der Waals surface area contributed by atoms with E-state index in [4.69, 9.17) is 18.9 Å². The van der Waals surface area contributed by atoms with Gasteiger partial charge in [0, 0.05) is 6.54 Å². The van der Waals surface area contributed by atoms with Crippen LogP contribution in [0.25, 0.3) is 0 Å². The monoisotopic (exact) mass is 559 g/mol. The molecule has 40 heavy (non-hydrogen) atoms. The van der Waals surface area contributed by atoms with E-state index in [0.717, 1.165) is 5.56 Å². The molecule has 2 aromatic carbocycles. The zero-order chi connectivity index (χ0) is 29.7. The van der Waals surface area contributed by atoms with Crippen molar-refractivity contribution in [3.05, 3.63) is 53.6 Å². The van der Waals surface area contributed by atoms with E-state index in [-0.39, 0.29) is 19.1 Å². The molecule has 0 saturated heterocycles. The number of benzene rings is 2. The lowest BCUT2D eigenvalue weighted by atomic mass is 10.0. The predicted molar refractivity (Wildman–Crippen MR) is 149 cm³/mol. The molecule has 0 spiro atoms. The Bertz CT molecular complexity index is 1080. The Balaban J connectivity index is 1.99. The van der Waals surface area contributed by atoms with Gasteiger partial charge < -0.3 is 40.0 Å². The van der Waals surface area contributed by atoms with E-state index in [1.54, 1.807) is 19.1 Å². The van der Waals surface area contributed by atoms with Crippen LogP contribution in [-0.4, -0.2) is 63.0 Å². The van der Waals surface area contributed by atoms with Crippen molar-refractivity contribution in [1.82, 2.24) is 16.0 Å². The van der Waals surface area contributed by atoms with Crippen LogP contribution in [0.4, 0.5) is 4.79 Å². The first-order chi connectivity index (χ1) is 19.1. The molecule has 3 amide bonds. The van der Waals surface area contributed by atoms with Gasteiger partial charge in [-0.05, 0) is 42.0 Å². The van der Waals surface area contributed by atoms with Crippen LogP contribution in [0.3, 0.4) is 0 Å². The first kappa shape index (κ1) is 32.2. The molecule has 0 aromatic heterocycles. The lowest BCUT2D eigenvalue weighted by Crippen LogP contribution is -2.54. The van der Waals surface area contributed by atoms with Crippen molar-refractivity contribution < 1.29 is 38.4 Å². The fourth-order valence-corrected chi connectivity index (χ4v) is 3.97. The molecule has 11 heteroatoms. The van der Waals surface area contributed by atoms with Gasteiger partial charge in [0.15, 0.2) is 11.5 Å². The molecule has 0 fully saturated rings. The van der Waals surface area contributed by atoms with Crippen LogP contribution in [-0.2, 0) is 20.9 Å². The van der Waals surface area contributed by atoms with Crippen molar-refractivity contribution in [3.8, 4) is 17.2 Å². The van der Waals surface area contributed by atoms with E-state index in [1.807, 2.05) is 44.2 Å². The molecule has 0 aliphatic rings. The molecule has 11 nitrogen and oxygen atoms in total. The molecule has 0 saturated carbocycles. The van der Waals surface area contributed by atoms with E-state index >= 15 is 0 Å². The molecule has 4 N–H and O–H groups in total. The summed E-state index contributed by atoms with van der Waals surface area (Å²) in [7, 11) is 4.41. The number of carbonyl (C=O) groups excluding carboxylic acids is 3. The summed E-state index contributed by atoms with van der Waals surface area (Å²) in [6.45, 7) is 5.54. The molecule has 0 heterocycles. The number of hydrogen-bond acceptors (Lipinski definition) is 8. The number of hydrogen-bond donors (Lipinski definition) is 4. The second-order valence-electron chi connectivity index (χ2n) is 9.58. The summed E-state index contributed by atoms with van der Waals surface area (Å²) in [5.74, 6) is 0.230. The lowest BCUT2D eigenvalue weighted by molar-refractivity contribution is -0.130. The average Bonchev–Trinajstić information content (AvgIpc) is 2.96. The van der Waals surface area contributed by atoms with Crippen LogP contribution in [0.15, 0.2) is 42.5 Å². The Morgan fingerprint density at radius 1 is 0.875 bits per heavy atom. The van der Waals surface area contributed by atoms with Crippen molar-refractivity contribution in [3.63, 3.8) is 0 Å². The standard InChI is InChI=1S/C29H41N3O8/c1-7-21(27(34)30-16-23(33)20-14-24(37-4)26(39-6)25(15-20)38-5)31-28(35)22(13-18(2)3)32-29(36)40-17-19-11-9-8-10-12-19/h8-12,14-15,18,21-23,33H,7,13,16-17H2,1-6H3,(H,30,34)(H,31,35)(H,32,36)/t21-,22-,23?/m0/s1. The van der Waals surface area contributed by atoms with E-state index in [0.29, 0.717) is 35.7 Å². The second-order valence-corrected chi connectivity index (χ2v) is 9.58. The maximum absolute atomic E-state index is 13.1. The summed E-state index contributed by atoms with van der Waals surface area (Å²) in [4.78, 5) is 38.4. The Morgan fingerprint density at radius 2 is 1.50 bits per heavy atom. The topological polar surface area (TPSA) is 144 Å². The van der Waals surface area contributed by atoms with Gasteiger partial charge >= 0.3 is 6.09 Å². The first-order valence-corrected chi connectivity index (χ1v) is 13.2. The highest BCUT2D eigenvalue weighted by Crippen LogP contribution is 2.39. The summed E-state index contributed by atoms with van der Waals surface area (Å²) >= 11 is 0. The van der Waals surface area contributed by atoms with E-state index < -0.39 is 36.1 Å². The van der Waals surface area contributed by atoms with Crippen LogP contribution >= 0.6 is 0 Å². The van der Waals surface area contributed by atoms with Gasteiger partial charge in [-0.3, -0.25) is 9.59 Å². The van der Waals surface area contributed by atoms with Crippen molar-refractivity contribution in [1.29, 1.82) is 0 Å². The van der Waals surface area contributed by atoms with Crippen LogP contribution in [0.5, 0.6) is 17.2 Å². The van der Waals surface area contributed by atoms with Gasteiger partial charge in [-0.2, -0.15) is 0 Å². The van der Waals surface area contributed by atoms with Gasteiger partial charge in [0.25, 0.3) is 0 Å². The van der Waals surface area contributed by atoms with Gasteiger partial charge in [-0.1, -0.05) is 51.1 Å². The average molecular weight is 560 g/mol. The van der Waals surface area contributed by atoms with Crippen molar-refractivity contribution in [2.75, 3.05) is 27.9 Å². The third-order valence-electron chi connectivity index (χ3n) is 6.11. The quantitative estimate of drug-likeness (QED) is 0.261. The van der Waals surface area contributed by atoms with Gasteiger partial charge in [-0.15, -0.1) is 0 Å². The van der Waals surface area contributed by atoms with Crippen LogP contribution < -0.4 is 30.2 Å². The molecular weight excluding hydrogens is 518 g/mol. The summed E-state index contributed by atoms with van der Waals surface area (Å²) in [5, 5.41) is 18.7. The minimum absolute atomic E-state index is 0.0664. The zero-order valence-corrected chi connectivity index (χ0v) is 24.0. The van der Waals surface area contributed by atoms with Crippen LogP contribution in [0.1, 0.15) is 50.8 Å². The third kappa shape index (κ3) is 9.64.